The number of hydrogen-bond donors (Lipinski definition) is 0. The predicted molar refractivity (Wildman–Crippen MR) is 67.9 cm³/mol. The van der Waals surface area contributed by atoms with E-state index in [1.807, 2.05) is 13.8 Å². The van der Waals surface area contributed by atoms with E-state index in [4.69, 9.17) is 9.47 Å². The minimum atomic E-state index is -1.07. The zero-order valence-corrected chi connectivity index (χ0v) is 11.8. The maximum atomic E-state index is 12.3. The van der Waals surface area contributed by atoms with Crippen molar-refractivity contribution in [3.05, 3.63) is 0 Å². The second kappa shape index (κ2) is 6.21. The summed E-state index contributed by atoms with van der Waals surface area (Å²) in [6, 6.07) is 0. The molecule has 4 nitrogen and oxygen atoms in total. The van der Waals surface area contributed by atoms with E-state index in [2.05, 4.69) is 0 Å². The van der Waals surface area contributed by atoms with Gasteiger partial charge in [-0.2, -0.15) is 0 Å². The van der Waals surface area contributed by atoms with Crippen LogP contribution in [0.5, 0.6) is 0 Å². The summed E-state index contributed by atoms with van der Waals surface area (Å²) in [6.45, 7) is 8.20. The van der Waals surface area contributed by atoms with Crippen molar-refractivity contribution in [2.45, 2.75) is 47.0 Å². The van der Waals surface area contributed by atoms with Crippen molar-refractivity contribution in [3.8, 4) is 0 Å². The Kier molecular flexibility index (Phi) is 5.17. The molecule has 1 aliphatic rings. The molecule has 0 aromatic carbocycles. The first kappa shape index (κ1) is 15.0. The van der Waals surface area contributed by atoms with Gasteiger partial charge in [0.1, 0.15) is 0 Å². The Labute approximate surface area is 109 Å². The summed E-state index contributed by atoms with van der Waals surface area (Å²) in [4.78, 5) is 24.6. The van der Waals surface area contributed by atoms with E-state index in [9.17, 15) is 9.59 Å². The largest absolute Gasteiger partial charge is 0.465 e. The Morgan fingerprint density at radius 1 is 1.17 bits per heavy atom. The van der Waals surface area contributed by atoms with Crippen molar-refractivity contribution in [3.63, 3.8) is 0 Å². The van der Waals surface area contributed by atoms with Crippen LogP contribution < -0.4 is 0 Å². The number of carbonyl (C=O) groups is 2. The Hall–Kier alpha value is -1.06. The van der Waals surface area contributed by atoms with Crippen molar-refractivity contribution in [1.82, 2.24) is 0 Å². The lowest BCUT2D eigenvalue weighted by atomic mass is 9.72. The van der Waals surface area contributed by atoms with Crippen LogP contribution in [0.2, 0.25) is 0 Å². The summed E-state index contributed by atoms with van der Waals surface area (Å²) in [5, 5.41) is 0. The highest BCUT2D eigenvalue weighted by Gasteiger charge is 2.57. The molecule has 0 aliphatic heterocycles. The highest BCUT2D eigenvalue weighted by atomic mass is 16.6. The fourth-order valence-corrected chi connectivity index (χ4v) is 3.04. The van der Waals surface area contributed by atoms with E-state index >= 15 is 0 Å². The van der Waals surface area contributed by atoms with Crippen LogP contribution in [0.25, 0.3) is 0 Å². The lowest BCUT2D eigenvalue weighted by molar-refractivity contribution is -0.176. The zero-order chi connectivity index (χ0) is 13.8. The Bertz CT molecular complexity index is 291. The molecule has 0 radical (unpaired) electrons. The smallest absolute Gasteiger partial charge is 0.323 e. The molecule has 0 aromatic rings. The highest BCUT2D eigenvalue weighted by molar-refractivity contribution is 6.00. The van der Waals surface area contributed by atoms with E-state index in [-0.39, 0.29) is 11.8 Å². The van der Waals surface area contributed by atoms with Crippen LogP contribution in [0, 0.1) is 17.3 Å². The van der Waals surface area contributed by atoms with E-state index in [1.165, 1.54) is 0 Å². The predicted octanol–water partition coefficient (Wildman–Crippen LogP) is 2.56. The van der Waals surface area contributed by atoms with Gasteiger partial charge in [-0.3, -0.25) is 9.59 Å². The van der Waals surface area contributed by atoms with Gasteiger partial charge < -0.3 is 9.47 Å². The van der Waals surface area contributed by atoms with Gasteiger partial charge in [0.25, 0.3) is 0 Å². The standard InChI is InChI=1S/C14H24O4/c1-5-17-12(15)14(13(16)18-6-2)9-7-8-11(14)10(3)4/h10-11H,5-9H2,1-4H3. The van der Waals surface area contributed by atoms with Crippen LogP contribution in [-0.4, -0.2) is 25.2 Å². The molecule has 0 spiro atoms. The molecule has 1 saturated carbocycles. The second-order valence-corrected chi connectivity index (χ2v) is 5.16. The number of carbonyl (C=O) groups excluding carboxylic acids is 2. The molecule has 0 amide bonds. The van der Waals surface area contributed by atoms with Crippen LogP contribution in [0.15, 0.2) is 0 Å². The van der Waals surface area contributed by atoms with Gasteiger partial charge in [-0.15, -0.1) is 0 Å². The van der Waals surface area contributed by atoms with Crippen LogP contribution in [0.1, 0.15) is 47.0 Å². The minimum absolute atomic E-state index is 0.0237. The van der Waals surface area contributed by atoms with Crippen molar-refractivity contribution >= 4 is 11.9 Å². The maximum Gasteiger partial charge on any atom is 0.323 e. The third-order valence-electron chi connectivity index (χ3n) is 3.80. The molecular formula is C14H24O4. The van der Waals surface area contributed by atoms with E-state index < -0.39 is 17.4 Å². The topological polar surface area (TPSA) is 52.6 Å². The lowest BCUT2D eigenvalue weighted by Crippen LogP contribution is -2.46. The van der Waals surface area contributed by atoms with Gasteiger partial charge >= 0.3 is 11.9 Å². The molecule has 0 heterocycles. The summed E-state index contributed by atoms with van der Waals surface area (Å²) in [7, 11) is 0. The number of hydrogen-bond acceptors (Lipinski definition) is 4. The molecule has 104 valence electrons. The normalized spacial score (nSPS) is 21.9. The summed E-state index contributed by atoms with van der Waals surface area (Å²) >= 11 is 0. The quantitative estimate of drug-likeness (QED) is 0.560. The SMILES string of the molecule is CCOC(=O)C1(C(=O)OCC)CCCC1C(C)C. The fourth-order valence-electron chi connectivity index (χ4n) is 3.04. The molecule has 18 heavy (non-hydrogen) atoms. The van der Waals surface area contributed by atoms with Gasteiger partial charge in [-0.25, -0.2) is 0 Å². The Balaban J connectivity index is 3.07. The van der Waals surface area contributed by atoms with E-state index in [1.54, 1.807) is 13.8 Å². The fraction of sp³-hybridized carbons (Fsp3) is 0.857. The van der Waals surface area contributed by atoms with Gasteiger partial charge in [-0.05, 0) is 38.5 Å². The van der Waals surface area contributed by atoms with Crippen molar-refractivity contribution in [1.29, 1.82) is 0 Å². The number of rotatable bonds is 5. The molecule has 1 rings (SSSR count). The third-order valence-corrected chi connectivity index (χ3v) is 3.80. The van der Waals surface area contributed by atoms with Crippen LogP contribution in [-0.2, 0) is 19.1 Å². The van der Waals surface area contributed by atoms with Gasteiger partial charge in [0.05, 0.1) is 13.2 Å². The minimum Gasteiger partial charge on any atom is -0.465 e. The van der Waals surface area contributed by atoms with Gasteiger partial charge in [0.15, 0.2) is 5.41 Å². The first-order chi connectivity index (χ1) is 8.50. The molecule has 1 fully saturated rings. The zero-order valence-electron chi connectivity index (χ0n) is 11.8. The molecule has 0 N–H and O–H groups in total. The Morgan fingerprint density at radius 2 is 1.67 bits per heavy atom. The third kappa shape index (κ3) is 2.52. The Morgan fingerprint density at radius 3 is 2.06 bits per heavy atom. The molecular weight excluding hydrogens is 232 g/mol. The van der Waals surface area contributed by atoms with Crippen LogP contribution in [0.4, 0.5) is 0 Å². The number of ether oxygens (including phenoxy) is 2. The summed E-state index contributed by atoms with van der Waals surface area (Å²) in [6.07, 6.45) is 2.31. The van der Waals surface area contributed by atoms with Gasteiger partial charge in [-0.1, -0.05) is 20.3 Å². The lowest BCUT2D eigenvalue weighted by Gasteiger charge is -2.33. The molecule has 0 saturated heterocycles. The van der Waals surface area contributed by atoms with Gasteiger partial charge in [0.2, 0.25) is 0 Å². The molecule has 0 bridgehead atoms. The highest BCUT2D eigenvalue weighted by Crippen LogP contribution is 2.49. The van der Waals surface area contributed by atoms with Crippen LogP contribution >= 0.6 is 0 Å². The molecule has 0 aromatic heterocycles. The van der Waals surface area contributed by atoms with Crippen molar-refractivity contribution < 1.29 is 19.1 Å². The molecule has 1 atom stereocenters. The van der Waals surface area contributed by atoms with Crippen LogP contribution in [0.3, 0.4) is 0 Å². The average molecular weight is 256 g/mol. The van der Waals surface area contributed by atoms with Crippen molar-refractivity contribution in [2.24, 2.45) is 17.3 Å². The monoisotopic (exact) mass is 256 g/mol. The van der Waals surface area contributed by atoms with Crippen molar-refractivity contribution in [2.75, 3.05) is 13.2 Å². The average Bonchev–Trinajstić information content (AvgIpc) is 2.75. The second-order valence-electron chi connectivity index (χ2n) is 5.16. The first-order valence-corrected chi connectivity index (χ1v) is 6.85. The summed E-state index contributed by atoms with van der Waals surface area (Å²) in [5.74, 6) is -0.517. The molecule has 1 unspecified atom stereocenters. The molecule has 1 aliphatic carbocycles. The summed E-state index contributed by atoms with van der Waals surface area (Å²) in [5.41, 5.74) is -1.07. The molecule has 4 heteroatoms. The van der Waals surface area contributed by atoms with Gasteiger partial charge in [0, 0.05) is 0 Å². The van der Waals surface area contributed by atoms with E-state index in [0.717, 1.165) is 12.8 Å². The summed E-state index contributed by atoms with van der Waals surface area (Å²) < 4.78 is 10.3. The first-order valence-electron chi connectivity index (χ1n) is 6.85. The maximum absolute atomic E-state index is 12.3. The van der Waals surface area contributed by atoms with E-state index in [0.29, 0.717) is 19.6 Å². The number of esters is 2.